The third-order valence-electron chi connectivity index (χ3n) is 4.71. The summed E-state index contributed by atoms with van der Waals surface area (Å²) in [5.74, 6) is 0.934. The molecule has 0 saturated carbocycles. The number of rotatable bonds is 6. The Morgan fingerprint density at radius 3 is 2.79 bits per heavy atom. The third kappa shape index (κ3) is 4.76. The van der Waals surface area contributed by atoms with Crippen molar-refractivity contribution in [1.82, 2.24) is 15.3 Å². The molecule has 0 radical (unpaired) electrons. The molecule has 1 unspecified atom stereocenters. The minimum absolute atomic E-state index is 0.327. The number of amides is 2. The Morgan fingerprint density at radius 1 is 1.21 bits per heavy atom. The molecule has 4 rings (SSSR count). The fourth-order valence-corrected chi connectivity index (χ4v) is 4.24. The highest BCUT2D eigenvalue weighted by Crippen LogP contribution is 2.32. The molecular weight excluding hydrogens is 376 g/mol. The van der Waals surface area contributed by atoms with Gasteiger partial charge in [-0.25, -0.2) is 14.8 Å². The number of nitrogens with one attached hydrogen (secondary N) is 2. The fraction of sp³-hybridized carbons (Fsp3) is 0.350. The van der Waals surface area contributed by atoms with Crippen molar-refractivity contribution in [2.75, 3.05) is 18.5 Å². The lowest BCUT2D eigenvalue weighted by Crippen LogP contribution is -2.33. The van der Waals surface area contributed by atoms with Crippen LogP contribution in [-0.2, 0) is 11.2 Å². The van der Waals surface area contributed by atoms with Gasteiger partial charge in [0.15, 0.2) is 5.13 Å². The van der Waals surface area contributed by atoms with Crippen LogP contribution in [0, 0.1) is 0 Å². The molecule has 1 aliphatic heterocycles. The van der Waals surface area contributed by atoms with Crippen LogP contribution < -0.4 is 10.6 Å². The number of thiazole rings is 1. The molecule has 1 saturated heterocycles. The quantitative estimate of drug-likeness (QED) is 0.652. The minimum Gasteiger partial charge on any atom is -0.447 e. The number of urea groups is 1. The van der Waals surface area contributed by atoms with Gasteiger partial charge in [-0.1, -0.05) is 30.3 Å². The number of anilines is 1. The molecule has 146 valence electrons. The number of ether oxygens (including phenoxy) is 1. The molecule has 1 atom stereocenters. The minimum atomic E-state index is -0.368. The number of aromatic nitrogens is 2. The van der Waals surface area contributed by atoms with Crippen LogP contribution in [0.4, 0.5) is 9.93 Å². The first-order valence-corrected chi connectivity index (χ1v) is 10.1. The maximum atomic E-state index is 12.5. The summed E-state index contributed by atoms with van der Waals surface area (Å²) in [5.41, 5.74) is 1.09. The van der Waals surface area contributed by atoms with Gasteiger partial charge in [-0.3, -0.25) is 5.32 Å². The lowest BCUT2D eigenvalue weighted by Gasteiger charge is -2.20. The van der Waals surface area contributed by atoms with E-state index in [4.69, 9.17) is 9.15 Å². The largest absolute Gasteiger partial charge is 0.447 e. The average Bonchev–Trinajstić information content (AvgIpc) is 3.41. The van der Waals surface area contributed by atoms with E-state index < -0.39 is 0 Å². The second kappa shape index (κ2) is 8.99. The molecule has 7 nitrogen and oxygen atoms in total. The standard InChI is InChI=1S/C20H22N4O3S/c25-19(24-20-22-13-17(28-20)15-6-9-26-10-7-15)23-16(18-21-8-11-27-18)12-14-4-2-1-3-5-14/h1-5,8,11,13,15-16H,6-7,9-10,12H2,(H2,22,23,24,25). The zero-order valence-electron chi connectivity index (χ0n) is 15.3. The highest BCUT2D eigenvalue weighted by molar-refractivity contribution is 7.15. The van der Waals surface area contributed by atoms with Crippen molar-refractivity contribution in [3.63, 3.8) is 0 Å². The Morgan fingerprint density at radius 2 is 2.04 bits per heavy atom. The monoisotopic (exact) mass is 398 g/mol. The van der Waals surface area contributed by atoms with E-state index >= 15 is 0 Å². The molecular formula is C20H22N4O3S. The van der Waals surface area contributed by atoms with E-state index in [1.54, 1.807) is 6.20 Å². The van der Waals surface area contributed by atoms with E-state index in [2.05, 4.69) is 20.6 Å². The van der Waals surface area contributed by atoms with Gasteiger partial charge in [0.05, 0.1) is 6.20 Å². The van der Waals surface area contributed by atoms with Crippen LogP contribution >= 0.6 is 11.3 Å². The van der Waals surface area contributed by atoms with Crippen LogP contribution in [0.15, 0.2) is 53.4 Å². The van der Waals surface area contributed by atoms with Gasteiger partial charge in [0.25, 0.3) is 0 Å². The fourth-order valence-electron chi connectivity index (χ4n) is 3.26. The number of hydrogen-bond acceptors (Lipinski definition) is 6. The van der Waals surface area contributed by atoms with E-state index in [0.717, 1.165) is 31.6 Å². The Labute approximate surface area is 167 Å². The molecule has 1 aliphatic rings. The van der Waals surface area contributed by atoms with Gasteiger partial charge in [-0.15, -0.1) is 11.3 Å². The third-order valence-corrected chi connectivity index (χ3v) is 5.78. The van der Waals surface area contributed by atoms with E-state index in [-0.39, 0.29) is 12.1 Å². The van der Waals surface area contributed by atoms with E-state index in [0.29, 0.717) is 23.4 Å². The average molecular weight is 398 g/mol. The van der Waals surface area contributed by atoms with Gasteiger partial charge in [0, 0.05) is 30.7 Å². The SMILES string of the molecule is O=C(Nc1ncc(C2CCOCC2)s1)NC(Cc1ccccc1)c1ncco1. The molecule has 2 N–H and O–H groups in total. The molecule has 0 aliphatic carbocycles. The summed E-state index contributed by atoms with van der Waals surface area (Å²) in [6.45, 7) is 1.56. The number of nitrogens with zero attached hydrogens (tertiary/aromatic N) is 2. The van der Waals surface area contributed by atoms with Gasteiger partial charge in [0.1, 0.15) is 12.3 Å². The number of carbonyl (C=O) groups excluding carboxylic acids is 1. The Hall–Kier alpha value is -2.71. The van der Waals surface area contributed by atoms with Crippen LogP contribution in [0.25, 0.3) is 0 Å². The molecule has 0 spiro atoms. The summed E-state index contributed by atoms with van der Waals surface area (Å²) in [6, 6.07) is 9.22. The maximum Gasteiger partial charge on any atom is 0.321 e. The number of benzene rings is 1. The lowest BCUT2D eigenvalue weighted by molar-refractivity contribution is 0.0860. The van der Waals surface area contributed by atoms with Gasteiger partial charge >= 0.3 is 6.03 Å². The Kier molecular flexibility index (Phi) is 5.98. The zero-order valence-corrected chi connectivity index (χ0v) is 16.2. The molecule has 1 fully saturated rings. The number of carbonyl (C=O) groups is 1. The first kappa shape index (κ1) is 18.6. The van der Waals surface area contributed by atoms with Crippen molar-refractivity contribution in [2.45, 2.75) is 31.2 Å². The van der Waals surface area contributed by atoms with Gasteiger partial charge in [-0.05, 0) is 24.3 Å². The van der Waals surface area contributed by atoms with Crippen LogP contribution in [0.5, 0.6) is 0 Å². The van der Waals surface area contributed by atoms with Gasteiger partial charge < -0.3 is 14.5 Å². The lowest BCUT2D eigenvalue weighted by atomic mass is 9.99. The van der Waals surface area contributed by atoms with Crippen molar-refractivity contribution >= 4 is 22.5 Å². The molecule has 28 heavy (non-hydrogen) atoms. The number of hydrogen-bond donors (Lipinski definition) is 2. The predicted molar refractivity (Wildman–Crippen MR) is 106 cm³/mol. The van der Waals surface area contributed by atoms with Gasteiger partial charge in [0.2, 0.25) is 5.89 Å². The summed E-state index contributed by atoms with van der Waals surface area (Å²) >= 11 is 1.52. The first-order valence-electron chi connectivity index (χ1n) is 9.32. The molecule has 8 heteroatoms. The molecule has 1 aromatic carbocycles. The highest BCUT2D eigenvalue weighted by Gasteiger charge is 2.22. The van der Waals surface area contributed by atoms with Crippen molar-refractivity contribution in [3.05, 3.63) is 65.3 Å². The second-order valence-corrected chi connectivity index (χ2v) is 7.73. The molecule has 3 heterocycles. The predicted octanol–water partition coefficient (Wildman–Crippen LogP) is 4.13. The Bertz CT molecular complexity index is 876. The Balaban J connectivity index is 1.39. The van der Waals surface area contributed by atoms with Crippen LogP contribution in [0.3, 0.4) is 0 Å². The molecule has 3 aromatic rings. The summed E-state index contributed by atoms with van der Waals surface area (Å²) in [4.78, 5) is 22.3. The van der Waals surface area contributed by atoms with E-state index in [1.807, 2.05) is 36.5 Å². The second-order valence-electron chi connectivity index (χ2n) is 6.67. The van der Waals surface area contributed by atoms with Crippen molar-refractivity contribution in [3.8, 4) is 0 Å². The summed E-state index contributed by atoms with van der Waals surface area (Å²) in [7, 11) is 0. The summed E-state index contributed by atoms with van der Waals surface area (Å²) < 4.78 is 10.8. The topological polar surface area (TPSA) is 89.3 Å². The zero-order chi connectivity index (χ0) is 19.2. The summed E-state index contributed by atoms with van der Waals surface area (Å²) in [6.07, 6.45) is 7.52. The maximum absolute atomic E-state index is 12.5. The highest BCUT2D eigenvalue weighted by atomic mass is 32.1. The molecule has 0 bridgehead atoms. The van der Waals surface area contributed by atoms with Crippen LogP contribution in [0.1, 0.15) is 41.1 Å². The van der Waals surface area contributed by atoms with Crippen molar-refractivity contribution in [2.24, 2.45) is 0 Å². The first-order chi connectivity index (χ1) is 13.8. The van der Waals surface area contributed by atoms with Crippen molar-refractivity contribution in [1.29, 1.82) is 0 Å². The molecule has 2 aromatic heterocycles. The van der Waals surface area contributed by atoms with E-state index in [1.165, 1.54) is 22.5 Å². The smallest absolute Gasteiger partial charge is 0.321 e. The van der Waals surface area contributed by atoms with Crippen molar-refractivity contribution < 1.29 is 13.9 Å². The van der Waals surface area contributed by atoms with Crippen LogP contribution in [-0.4, -0.2) is 29.2 Å². The van der Waals surface area contributed by atoms with Gasteiger partial charge in [-0.2, -0.15) is 0 Å². The normalized spacial score (nSPS) is 15.9. The summed E-state index contributed by atoms with van der Waals surface area (Å²) in [5, 5.41) is 6.37. The molecule has 2 amide bonds. The van der Waals surface area contributed by atoms with E-state index in [9.17, 15) is 4.79 Å². The van der Waals surface area contributed by atoms with Crippen LogP contribution in [0.2, 0.25) is 0 Å². The number of oxazole rings is 1.